The number of carboxylic acid groups (broad SMARTS) is 1. The summed E-state index contributed by atoms with van der Waals surface area (Å²) in [6.07, 6.45) is 2.95. The van der Waals surface area contributed by atoms with Crippen molar-refractivity contribution in [1.82, 2.24) is 10.2 Å². The Morgan fingerprint density at radius 2 is 2.17 bits per heavy atom. The number of nitrogens with two attached hydrogens (primary N) is 1. The molecule has 1 amide bonds. The molecule has 1 saturated carbocycles. The zero-order valence-electron chi connectivity index (χ0n) is 10.9. The van der Waals surface area contributed by atoms with E-state index in [1.807, 2.05) is 11.9 Å². The van der Waals surface area contributed by atoms with Crippen molar-refractivity contribution >= 4 is 11.9 Å². The van der Waals surface area contributed by atoms with Gasteiger partial charge in [-0.2, -0.15) is 0 Å². The summed E-state index contributed by atoms with van der Waals surface area (Å²) < 4.78 is 0. The normalized spacial score (nSPS) is 16.6. The summed E-state index contributed by atoms with van der Waals surface area (Å²) in [5.41, 5.74) is 5.71. The largest absolute Gasteiger partial charge is 0.481 e. The molecule has 0 aromatic rings. The van der Waals surface area contributed by atoms with Crippen LogP contribution in [0.3, 0.4) is 0 Å². The first-order valence-electron chi connectivity index (χ1n) is 6.43. The number of carbonyl (C=O) groups excluding carboxylic acids is 1. The van der Waals surface area contributed by atoms with Gasteiger partial charge >= 0.3 is 5.97 Å². The van der Waals surface area contributed by atoms with E-state index in [4.69, 9.17) is 10.8 Å². The first kappa shape index (κ1) is 14.9. The molecule has 1 unspecified atom stereocenters. The van der Waals surface area contributed by atoms with Crippen LogP contribution in [0.2, 0.25) is 0 Å². The monoisotopic (exact) mass is 257 g/mol. The van der Waals surface area contributed by atoms with E-state index in [1.54, 1.807) is 0 Å². The third kappa shape index (κ3) is 5.46. The highest BCUT2D eigenvalue weighted by atomic mass is 16.4. The molecule has 0 aromatic heterocycles. The molecule has 0 aromatic carbocycles. The fourth-order valence-corrected chi connectivity index (χ4v) is 2.08. The van der Waals surface area contributed by atoms with Crippen molar-refractivity contribution < 1.29 is 14.7 Å². The highest BCUT2D eigenvalue weighted by molar-refractivity contribution is 5.78. The lowest BCUT2D eigenvalue weighted by Crippen LogP contribution is -2.45. The van der Waals surface area contributed by atoms with Crippen LogP contribution in [0.4, 0.5) is 0 Å². The van der Waals surface area contributed by atoms with Crippen molar-refractivity contribution in [3.05, 3.63) is 0 Å². The fourth-order valence-electron chi connectivity index (χ4n) is 2.08. The van der Waals surface area contributed by atoms with Crippen LogP contribution < -0.4 is 11.1 Å². The molecular formula is C12H23N3O3. The minimum Gasteiger partial charge on any atom is -0.481 e. The van der Waals surface area contributed by atoms with Crippen molar-refractivity contribution in [2.75, 3.05) is 26.7 Å². The molecule has 0 bridgehead atoms. The number of hydrogen-bond acceptors (Lipinski definition) is 4. The molecule has 104 valence electrons. The second-order valence-corrected chi connectivity index (χ2v) is 4.90. The number of likely N-dealkylation sites (N-methyl/N-ethyl adjacent to an activating group) is 1. The third-order valence-electron chi connectivity index (χ3n) is 3.26. The van der Waals surface area contributed by atoms with E-state index in [0.717, 1.165) is 0 Å². The Labute approximate surface area is 108 Å². The van der Waals surface area contributed by atoms with Crippen molar-refractivity contribution in [3.63, 3.8) is 0 Å². The maximum absolute atomic E-state index is 11.6. The van der Waals surface area contributed by atoms with Crippen LogP contribution in [0.5, 0.6) is 0 Å². The van der Waals surface area contributed by atoms with Crippen LogP contribution in [-0.4, -0.2) is 54.6 Å². The van der Waals surface area contributed by atoms with Crippen molar-refractivity contribution in [2.24, 2.45) is 11.7 Å². The first-order chi connectivity index (χ1) is 8.54. The van der Waals surface area contributed by atoms with Crippen LogP contribution in [0, 0.1) is 5.92 Å². The second-order valence-electron chi connectivity index (χ2n) is 4.90. The van der Waals surface area contributed by atoms with Gasteiger partial charge < -0.3 is 16.2 Å². The van der Waals surface area contributed by atoms with Gasteiger partial charge in [0.05, 0.1) is 6.54 Å². The summed E-state index contributed by atoms with van der Waals surface area (Å²) in [5, 5.41) is 11.2. The molecule has 1 aliphatic rings. The minimum atomic E-state index is -0.835. The van der Waals surface area contributed by atoms with Crippen LogP contribution in [-0.2, 0) is 9.59 Å². The van der Waals surface area contributed by atoms with Crippen LogP contribution in [0.15, 0.2) is 0 Å². The smallest absolute Gasteiger partial charge is 0.303 e. The zero-order valence-corrected chi connectivity index (χ0v) is 10.9. The number of hydrogen-bond donors (Lipinski definition) is 3. The molecule has 4 N–H and O–H groups in total. The summed E-state index contributed by atoms with van der Waals surface area (Å²) in [4.78, 5) is 23.9. The standard InChI is InChI=1S/C12H23N3O3/c1-15(10(7-13)9-4-5-9)8-11(16)14-6-2-3-12(17)18/h9-10H,2-8,13H2,1H3,(H,14,16)(H,17,18). The number of carboxylic acids is 1. The Morgan fingerprint density at radius 1 is 1.50 bits per heavy atom. The minimum absolute atomic E-state index is 0.0676. The quantitative estimate of drug-likeness (QED) is 0.490. The maximum atomic E-state index is 11.6. The van der Waals surface area contributed by atoms with Gasteiger partial charge in [-0.15, -0.1) is 0 Å². The Hall–Kier alpha value is -1.14. The average molecular weight is 257 g/mol. The Balaban J connectivity index is 2.16. The summed E-state index contributed by atoms with van der Waals surface area (Å²) in [7, 11) is 1.91. The number of amides is 1. The highest BCUT2D eigenvalue weighted by Crippen LogP contribution is 2.34. The molecule has 6 nitrogen and oxygen atoms in total. The molecule has 6 heteroatoms. The van der Waals surface area contributed by atoms with Gasteiger partial charge in [0.15, 0.2) is 0 Å². The van der Waals surface area contributed by atoms with E-state index in [9.17, 15) is 9.59 Å². The molecule has 1 fully saturated rings. The predicted octanol–water partition coefficient (Wildman–Crippen LogP) is -0.363. The SMILES string of the molecule is CN(CC(=O)NCCCC(=O)O)C(CN)C1CC1. The molecule has 0 spiro atoms. The molecule has 18 heavy (non-hydrogen) atoms. The van der Waals surface area contributed by atoms with Crippen LogP contribution in [0.1, 0.15) is 25.7 Å². The molecule has 0 saturated heterocycles. The number of nitrogens with zero attached hydrogens (tertiary/aromatic N) is 1. The number of nitrogens with one attached hydrogen (secondary N) is 1. The molecule has 1 atom stereocenters. The number of rotatable bonds is 9. The molecule has 1 aliphatic carbocycles. The van der Waals surface area contributed by atoms with E-state index in [0.29, 0.717) is 32.0 Å². The van der Waals surface area contributed by atoms with Gasteiger partial charge in [-0.05, 0) is 32.2 Å². The highest BCUT2D eigenvalue weighted by Gasteiger charge is 2.33. The molecule has 1 rings (SSSR count). The van der Waals surface area contributed by atoms with E-state index in [-0.39, 0.29) is 18.4 Å². The summed E-state index contributed by atoms with van der Waals surface area (Å²) in [6, 6.07) is 0.287. The summed E-state index contributed by atoms with van der Waals surface area (Å²) in [5.74, 6) is -0.264. The van der Waals surface area contributed by atoms with Crippen LogP contribution in [0.25, 0.3) is 0 Å². The lowest BCUT2D eigenvalue weighted by Gasteiger charge is -2.26. The average Bonchev–Trinajstić information content (AvgIpc) is 3.09. The predicted molar refractivity (Wildman–Crippen MR) is 68.1 cm³/mol. The van der Waals surface area contributed by atoms with E-state index < -0.39 is 5.97 Å². The van der Waals surface area contributed by atoms with Gasteiger partial charge in [-0.25, -0.2) is 0 Å². The number of aliphatic carboxylic acids is 1. The van der Waals surface area contributed by atoms with E-state index in [1.165, 1.54) is 12.8 Å². The van der Waals surface area contributed by atoms with Gasteiger partial charge in [-0.3, -0.25) is 14.5 Å². The van der Waals surface area contributed by atoms with Crippen molar-refractivity contribution in [1.29, 1.82) is 0 Å². The Bertz CT molecular complexity index is 292. The Kier molecular flexibility index (Phi) is 6.07. The molecule has 0 radical (unpaired) electrons. The molecular weight excluding hydrogens is 234 g/mol. The topological polar surface area (TPSA) is 95.7 Å². The van der Waals surface area contributed by atoms with Gasteiger partial charge in [-0.1, -0.05) is 0 Å². The van der Waals surface area contributed by atoms with Crippen molar-refractivity contribution in [2.45, 2.75) is 31.7 Å². The van der Waals surface area contributed by atoms with Gasteiger partial charge in [0.1, 0.15) is 0 Å². The van der Waals surface area contributed by atoms with Crippen LogP contribution >= 0.6 is 0 Å². The summed E-state index contributed by atoms with van der Waals surface area (Å²) >= 11 is 0. The second kappa shape index (κ2) is 7.33. The lowest BCUT2D eigenvalue weighted by atomic mass is 10.1. The number of carbonyl (C=O) groups is 2. The van der Waals surface area contributed by atoms with Gasteiger partial charge in [0, 0.05) is 25.6 Å². The molecule has 0 heterocycles. The van der Waals surface area contributed by atoms with Crippen molar-refractivity contribution in [3.8, 4) is 0 Å². The summed E-state index contributed by atoms with van der Waals surface area (Å²) in [6.45, 7) is 1.31. The Morgan fingerprint density at radius 3 is 2.67 bits per heavy atom. The van der Waals surface area contributed by atoms with Gasteiger partial charge in [0.25, 0.3) is 0 Å². The fraction of sp³-hybridized carbons (Fsp3) is 0.833. The molecule has 0 aliphatic heterocycles. The van der Waals surface area contributed by atoms with E-state index in [2.05, 4.69) is 5.32 Å². The lowest BCUT2D eigenvalue weighted by molar-refractivity contribution is -0.137. The third-order valence-corrected chi connectivity index (χ3v) is 3.26. The van der Waals surface area contributed by atoms with Gasteiger partial charge in [0.2, 0.25) is 5.91 Å². The first-order valence-corrected chi connectivity index (χ1v) is 6.43. The maximum Gasteiger partial charge on any atom is 0.303 e. The van der Waals surface area contributed by atoms with E-state index >= 15 is 0 Å². The zero-order chi connectivity index (χ0) is 13.5.